The zero-order valence-corrected chi connectivity index (χ0v) is 29.5. The number of aromatic nitrogens is 2. The van der Waals surface area contributed by atoms with Crippen molar-refractivity contribution in [1.82, 2.24) is 9.97 Å². The summed E-state index contributed by atoms with van der Waals surface area (Å²) in [7, 11) is 0. The monoisotopic (exact) mass is 686 g/mol. The lowest BCUT2D eigenvalue weighted by molar-refractivity contribution is 1.40. The van der Waals surface area contributed by atoms with Crippen molar-refractivity contribution in [3.05, 3.63) is 206 Å². The van der Waals surface area contributed by atoms with Gasteiger partial charge in [-0.3, -0.25) is 4.98 Å². The Morgan fingerprint density at radius 3 is 1.39 bits per heavy atom. The van der Waals surface area contributed by atoms with Crippen LogP contribution >= 0.6 is 0 Å². The van der Waals surface area contributed by atoms with Crippen molar-refractivity contribution in [3.63, 3.8) is 0 Å². The van der Waals surface area contributed by atoms with E-state index in [9.17, 15) is 0 Å². The fourth-order valence-corrected chi connectivity index (χ4v) is 7.69. The molecule has 0 atom stereocenters. The fraction of sp³-hybridized carbons (Fsp3) is 0. The number of hydrogen-bond donors (Lipinski definition) is 0. The molecule has 2 nitrogen and oxygen atoms in total. The molecule has 0 saturated heterocycles. The van der Waals surface area contributed by atoms with Crippen molar-refractivity contribution in [3.8, 4) is 66.9 Å². The van der Waals surface area contributed by atoms with Gasteiger partial charge in [-0.2, -0.15) is 0 Å². The highest BCUT2D eigenvalue weighted by atomic mass is 14.7. The van der Waals surface area contributed by atoms with Crippen molar-refractivity contribution in [2.75, 3.05) is 0 Å². The average molecular weight is 687 g/mol. The highest BCUT2D eigenvalue weighted by Crippen LogP contribution is 2.41. The van der Waals surface area contributed by atoms with Crippen molar-refractivity contribution >= 4 is 32.6 Å². The molecule has 2 aromatic heterocycles. The van der Waals surface area contributed by atoms with Crippen LogP contribution in [-0.2, 0) is 0 Å². The van der Waals surface area contributed by atoms with E-state index >= 15 is 0 Å². The minimum atomic E-state index is 0.943. The van der Waals surface area contributed by atoms with Crippen molar-refractivity contribution in [2.24, 2.45) is 0 Å². The van der Waals surface area contributed by atoms with E-state index in [4.69, 9.17) is 9.97 Å². The van der Waals surface area contributed by atoms with Gasteiger partial charge in [-0.15, -0.1) is 0 Å². The minimum absolute atomic E-state index is 0.943. The Kier molecular flexibility index (Phi) is 7.85. The molecule has 54 heavy (non-hydrogen) atoms. The Labute approximate surface area is 314 Å². The van der Waals surface area contributed by atoms with E-state index in [1.807, 2.05) is 12.3 Å². The van der Waals surface area contributed by atoms with Gasteiger partial charge in [0.25, 0.3) is 0 Å². The lowest BCUT2D eigenvalue weighted by Crippen LogP contribution is -1.94. The first-order valence-corrected chi connectivity index (χ1v) is 18.4. The molecule has 10 aromatic rings. The highest BCUT2D eigenvalue weighted by Gasteiger charge is 2.17. The zero-order chi connectivity index (χ0) is 35.8. The summed E-state index contributed by atoms with van der Waals surface area (Å²) in [6.45, 7) is 0. The molecule has 0 aliphatic carbocycles. The third kappa shape index (κ3) is 5.81. The molecule has 252 valence electrons. The highest BCUT2D eigenvalue weighted by molar-refractivity contribution is 6.16. The number of hydrogen-bond acceptors (Lipinski definition) is 2. The van der Waals surface area contributed by atoms with E-state index in [1.165, 1.54) is 38.8 Å². The summed E-state index contributed by atoms with van der Waals surface area (Å²) in [4.78, 5) is 10.2. The van der Waals surface area contributed by atoms with E-state index in [1.54, 1.807) is 0 Å². The van der Waals surface area contributed by atoms with Crippen LogP contribution in [0.3, 0.4) is 0 Å². The molecule has 0 bridgehead atoms. The second-order valence-corrected chi connectivity index (χ2v) is 13.8. The molecular weight excluding hydrogens is 653 g/mol. The molecule has 0 aliphatic heterocycles. The van der Waals surface area contributed by atoms with E-state index in [0.29, 0.717) is 0 Å². The normalized spacial score (nSPS) is 11.3. The summed E-state index contributed by atoms with van der Waals surface area (Å²) in [5.74, 6) is 0. The van der Waals surface area contributed by atoms with Gasteiger partial charge in [-0.05, 0) is 79.7 Å². The van der Waals surface area contributed by atoms with Gasteiger partial charge in [0, 0.05) is 33.5 Å². The Morgan fingerprint density at radius 1 is 0.296 bits per heavy atom. The predicted molar refractivity (Wildman–Crippen MR) is 227 cm³/mol. The summed E-state index contributed by atoms with van der Waals surface area (Å²) < 4.78 is 0. The molecule has 2 heterocycles. The van der Waals surface area contributed by atoms with E-state index in [0.717, 1.165) is 60.7 Å². The molecule has 2 heteroatoms. The second kappa shape index (κ2) is 13.4. The van der Waals surface area contributed by atoms with Crippen molar-refractivity contribution in [2.45, 2.75) is 0 Å². The smallest absolute Gasteiger partial charge is 0.0794 e. The number of para-hydroxylation sites is 1. The molecule has 8 aromatic carbocycles. The lowest BCUT2D eigenvalue weighted by Gasteiger charge is -2.16. The van der Waals surface area contributed by atoms with Gasteiger partial charge in [0.1, 0.15) is 0 Å². The van der Waals surface area contributed by atoms with E-state index < -0.39 is 0 Å². The first-order valence-electron chi connectivity index (χ1n) is 18.4. The van der Waals surface area contributed by atoms with Crippen molar-refractivity contribution in [1.29, 1.82) is 0 Å². The van der Waals surface area contributed by atoms with Crippen LogP contribution in [0.15, 0.2) is 206 Å². The Hall–Kier alpha value is -7.16. The third-order valence-electron chi connectivity index (χ3n) is 10.5. The summed E-state index contributed by atoms with van der Waals surface area (Å²) in [6.07, 6.45) is 1.96. The maximum Gasteiger partial charge on any atom is 0.0794 e. The van der Waals surface area contributed by atoms with Crippen LogP contribution < -0.4 is 0 Å². The SMILES string of the molecule is c1ccc(-c2ccc(-c3cc4c(-c5ccc(-c6ccccc6)cc5)cc(-c5ccc(-c6cnc7ccccc7c6)cc5)nc4c4ccccc34)cc2)cc1. The molecular formula is C52H34N2. The third-order valence-corrected chi connectivity index (χ3v) is 10.5. The van der Waals surface area contributed by atoms with Gasteiger partial charge in [0.2, 0.25) is 0 Å². The van der Waals surface area contributed by atoms with Crippen LogP contribution in [0.1, 0.15) is 0 Å². The number of benzene rings is 8. The summed E-state index contributed by atoms with van der Waals surface area (Å²) >= 11 is 0. The van der Waals surface area contributed by atoms with Gasteiger partial charge >= 0.3 is 0 Å². The minimum Gasteiger partial charge on any atom is -0.256 e. The molecule has 10 rings (SSSR count). The first-order chi connectivity index (χ1) is 26.7. The van der Waals surface area contributed by atoms with E-state index in [2.05, 4.69) is 194 Å². The van der Waals surface area contributed by atoms with Gasteiger partial charge in [-0.25, -0.2) is 4.98 Å². The molecule has 0 saturated carbocycles. The number of rotatable bonds is 6. The standard InChI is InChI=1S/C52H34N2/c1-3-11-35(12-4-1)37-19-25-40(26-20-37)47-32-49-48(41-27-21-38(22-28-41)36-13-5-2-6-14-36)33-51(54-52(49)46-17-9-8-16-45(46)47)42-29-23-39(24-30-42)44-31-43-15-7-10-18-50(43)53-34-44/h1-34H. The van der Waals surface area contributed by atoms with Crippen LogP contribution in [-0.4, -0.2) is 9.97 Å². The van der Waals surface area contributed by atoms with Crippen LogP contribution in [0, 0.1) is 0 Å². The summed E-state index contributed by atoms with van der Waals surface area (Å²) in [6, 6.07) is 71.5. The van der Waals surface area contributed by atoms with Crippen LogP contribution in [0.5, 0.6) is 0 Å². The van der Waals surface area contributed by atoms with Gasteiger partial charge in [-0.1, -0.05) is 176 Å². The maximum atomic E-state index is 5.44. The van der Waals surface area contributed by atoms with Gasteiger partial charge in [0.15, 0.2) is 0 Å². The number of fused-ring (bicyclic) bond motifs is 4. The Balaban J connectivity index is 1.14. The Morgan fingerprint density at radius 2 is 0.759 bits per heavy atom. The zero-order valence-electron chi connectivity index (χ0n) is 29.5. The maximum absolute atomic E-state index is 5.44. The first kappa shape index (κ1) is 31.6. The molecule has 0 aliphatic rings. The quantitative estimate of drug-likeness (QED) is 0.163. The molecule has 0 spiro atoms. The topological polar surface area (TPSA) is 25.8 Å². The second-order valence-electron chi connectivity index (χ2n) is 13.8. The van der Waals surface area contributed by atoms with Crippen LogP contribution in [0.4, 0.5) is 0 Å². The number of pyridine rings is 2. The molecule has 0 unspecified atom stereocenters. The number of nitrogens with zero attached hydrogens (tertiary/aromatic N) is 2. The van der Waals surface area contributed by atoms with Gasteiger partial charge < -0.3 is 0 Å². The molecule has 0 radical (unpaired) electrons. The molecule has 0 amide bonds. The Bertz CT molecular complexity index is 2930. The van der Waals surface area contributed by atoms with Crippen molar-refractivity contribution < 1.29 is 0 Å². The van der Waals surface area contributed by atoms with Crippen LogP contribution in [0.25, 0.3) is 99.5 Å². The van der Waals surface area contributed by atoms with Gasteiger partial charge in [0.05, 0.1) is 16.7 Å². The predicted octanol–water partition coefficient (Wildman–Crippen LogP) is 13.9. The van der Waals surface area contributed by atoms with Crippen LogP contribution in [0.2, 0.25) is 0 Å². The summed E-state index contributed by atoms with van der Waals surface area (Å²) in [5.41, 5.74) is 15.8. The molecule has 0 N–H and O–H groups in total. The van der Waals surface area contributed by atoms with E-state index in [-0.39, 0.29) is 0 Å². The molecule has 0 fully saturated rings. The lowest BCUT2D eigenvalue weighted by atomic mass is 9.90. The fourth-order valence-electron chi connectivity index (χ4n) is 7.69. The summed E-state index contributed by atoms with van der Waals surface area (Å²) in [5, 5.41) is 4.59. The average Bonchev–Trinajstić information content (AvgIpc) is 3.26. The largest absolute Gasteiger partial charge is 0.256 e.